The lowest BCUT2D eigenvalue weighted by molar-refractivity contribution is -0.136. The highest BCUT2D eigenvalue weighted by molar-refractivity contribution is 6.08. The summed E-state index contributed by atoms with van der Waals surface area (Å²) in [6, 6.07) is 25.1. The van der Waals surface area contributed by atoms with Gasteiger partial charge >= 0.3 is 5.97 Å². The number of aromatic hydroxyl groups is 3. The number of fused-ring (bicyclic) bond motifs is 2. The minimum Gasteiger partial charge on any atom is -0.508 e. The van der Waals surface area contributed by atoms with Gasteiger partial charge in [0.05, 0.1) is 17.0 Å². The normalized spacial score (nSPS) is 14.6. The van der Waals surface area contributed by atoms with Crippen molar-refractivity contribution in [3.8, 4) is 39.7 Å². The van der Waals surface area contributed by atoms with Crippen LogP contribution in [0.15, 0.2) is 125 Å². The second-order valence-corrected chi connectivity index (χ2v) is 20.0. The summed E-state index contributed by atoms with van der Waals surface area (Å²) in [6.07, 6.45) is 4.34. The predicted octanol–water partition coefficient (Wildman–Crippen LogP) is 3.83. The molecule has 3 aliphatic heterocycles. The number of piperazine rings is 2. The maximum Gasteiger partial charge on any atom is 0.336 e. The van der Waals surface area contributed by atoms with E-state index in [0.29, 0.717) is 65.3 Å². The van der Waals surface area contributed by atoms with E-state index in [1.807, 2.05) is 9.80 Å². The molecule has 11 rings (SSSR count). The van der Waals surface area contributed by atoms with Gasteiger partial charge in [0.25, 0.3) is 0 Å². The van der Waals surface area contributed by atoms with E-state index in [1.54, 1.807) is 95.0 Å². The van der Waals surface area contributed by atoms with Crippen LogP contribution in [0.3, 0.4) is 0 Å². The van der Waals surface area contributed by atoms with E-state index in [2.05, 4.69) is 25.9 Å². The first-order valence-corrected chi connectivity index (χ1v) is 26.5. The van der Waals surface area contributed by atoms with Gasteiger partial charge in [0.15, 0.2) is 5.43 Å². The summed E-state index contributed by atoms with van der Waals surface area (Å²) in [5.74, 6) is -0.769. The maximum atomic E-state index is 14.5. The van der Waals surface area contributed by atoms with Crippen molar-refractivity contribution in [2.75, 3.05) is 80.7 Å². The molecule has 6 heterocycles. The Morgan fingerprint density at radius 3 is 1.61 bits per heavy atom. The van der Waals surface area contributed by atoms with Gasteiger partial charge in [0, 0.05) is 138 Å². The SMILES string of the molecule is O=C(O)c1cc(Nc2nc(N3CCN(C(=O)[C@H](Cc4ccc(O)cc4)n4cc(CCO)nn4)CC3)nc(N3CCN(C(=O)[C@H](Cc4ccc(O)cc4)n4cc(CCO)nn4)CC3)n2)ccc1-c1c2ccc(=O)cc-2oc2cc(O)ccc12. The molecule has 420 valence electrons. The molecule has 25 heteroatoms. The first-order chi connectivity index (χ1) is 39.8. The number of carboxylic acid groups (broad SMARTS) is 1. The Morgan fingerprint density at radius 1 is 0.585 bits per heavy atom. The highest BCUT2D eigenvalue weighted by atomic mass is 16.4. The molecule has 0 spiro atoms. The number of nitrogens with zero attached hydrogens (tertiary/aromatic N) is 13. The van der Waals surface area contributed by atoms with E-state index in [1.165, 1.54) is 39.7 Å². The number of carbonyl (C=O) groups excluding carboxylic acids is 2. The van der Waals surface area contributed by atoms with E-state index in [-0.39, 0.29) is 134 Å². The number of aromatic carboxylic acids is 1. The number of hydrogen-bond acceptors (Lipinski definition) is 20. The number of amides is 2. The van der Waals surface area contributed by atoms with Crippen LogP contribution in [0.4, 0.5) is 23.5 Å². The summed E-state index contributed by atoms with van der Waals surface area (Å²) in [5.41, 5.74) is 4.02. The number of rotatable bonds is 18. The molecule has 0 radical (unpaired) electrons. The number of anilines is 4. The highest BCUT2D eigenvalue weighted by Crippen LogP contribution is 2.43. The van der Waals surface area contributed by atoms with Gasteiger partial charge in [0.1, 0.15) is 40.7 Å². The van der Waals surface area contributed by atoms with Crippen molar-refractivity contribution in [3.63, 3.8) is 0 Å². The lowest BCUT2D eigenvalue weighted by atomic mass is 9.90. The van der Waals surface area contributed by atoms with Crippen molar-refractivity contribution < 1.29 is 49.4 Å². The first kappa shape index (κ1) is 54.0. The average Bonchev–Trinajstić information content (AvgIpc) is 4.30. The van der Waals surface area contributed by atoms with Crippen molar-refractivity contribution in [3.05, 3.63) is 154 Å². The molecule has 0 unspecified atom stereocenters. The van der Waals surface area contributed by atoms with Crippen LogP contribution in [-0.4, -0.2) is 169 Å². The highest BCUT2D eigenvalue weighted by Gasteiger charge is 2.34. The zero-order chi connectivity index (χ0) is 57.0. The number of benzene rings is 5. The van der Waals surface area contributed by atoms with Crippen molar-refractivity contribution in [2.45, 2.75) is 37.8 Å². The fourth-order valence-corrected chi connectivity index (χ4v) is 10.4. The molecule has 4 aromatic carbocycles. The number of carbonyl (C=O) groups is 3. The molecule has 0 saturated carbocycles. The summed E-state index contributed by atoms with van der Waals surface area (Å²) >= 11 is 0. The van der Waals surface area contributed by atoms with Crippen molar-refractivity contribution >= 4 is 52.3 Å². The Kier molecular flexibility index (Phi) is 15.4. The number of aliphatic hydroxyl groups excluding tert-OH is 2. The Bertz CT molecular complexity index is 3670. The van der Waals surface area contributed by atoms with E-state index >= 15 is 0 Å². The monoisotopic (exact) mass is 1110 g/mol. The summed E-state index contributed by atoms with van der Waals surface area (Å²) in [4.78, 5) is 76.8. The van der Waals surface area contributed by atoms with E-state index in [0.717, 1.165) is 11.1 Å². The Balaban J connectivity index is 0.888. The lowest BCUT2D eigenvalue weighted by Crippen LogP contribution is -2.52. The molecule has 82 heavy (non-hydrogen) atoms. The molecule has 7 N–H and O–H groups in total. The second-order valence-electron chi connectivity index (χ2n) is 20.0. The van der Waals surface area contributed by atoms with Gasteiger partial charge in [0.2, 0.25) is 29.7 Å². The zero-order valence-electron chi connectivity index (χ0n) is 44.1. The predicted molar refractivity (Wildman–Crippen MR) is 297 cm³/mol. The van der Waals surface area contributed by atoms with Crippen molar-refractivity contribution in [1.82, 2.24) is 54.7 Å². The smallest absolute Gasteiger partial charge is 0.336 e. The summed E-state index contributed by atoms with van der Waals surface area (Å²) in [6.45, 7) is 1.99. The minimum absolute atomic E-state index is 0.0756. The van der Waals surface area contributed by atoms with Gasteiger partial charge in [-0.1, -0.05) is 40.8 Å². The van der Waals surface area contributed by atoms with Crippen LogP contribution >= 0.6 is 0 Å². The van der Waals surface area contributed by atoms with Gasteiger partial charge in [-0.15, -0.1) is 10.2 Å². The first-order valence-electron chi connectivity index (χ1n) is 26.5. The van der Waals surface area contributed by atoms with Crippen LogP contribution < -0.4 is 20.5 Å². The molecule has 25 nitrogen and oxygen atoms in total. The van der Waals surface area contributed by atoms with Crippen LogP contribution in [0.5, 0.6) is 17.2 Å². The summed E-state index contributed by atoms with van der Waals surface area (Å²) in [5, 5.41) is 80.8. The second kappa shape index (κ2) is 23.4. The van der Waals surface area contributed by atoms with E-state index in [4.69, 9.17) is 19.4 Å². The summed E-state index contributed by atoms with van der Waals surface area (Å²) < 4.78 is 9.04. The molecule has 2 saturated heterocycles. The van der Waals surface area contributed by atoms with Crippen LogP contribution in [0.2, 0.25) is 0 Å². The fourth-order valence-electron chi connectivity index (χ4n) is 10.4. The third kappa shape index (κ3) is 11.7. The van der Waals surface area contributed by atoms with Crippen molar-refractivity contribution in [1.29, 1.82) is 0 Å². The number of phenolic OH excluding ortho intramolecular Hbond substituents is 3. The summed E-state index contributed by atoms with van der Waals surface area (Å²) in [7, 11) is 0. The van der Waals surface area contributed by atoms with Crippen LogP contribution in [-0.2, 0) is 35.3 Å². The zero-order valence-corrected chi connectivity index (χ0v) is 44.1. The number of aromatic nitrogens is 9. The number of phenols is 3. The molecule has 2 amide bonds. The molecule has 2 atom stereocenters. The Labute approximate surface area is 466 Å². The molecule has 7 aromatic rings. The van der Waals surface area contributed by atoms with Gasteiger partial charge < -0.3 is 60.0 Å². The van der Waals surface area contributed by atoms with Crippen LogP contribution in [0.1, 0.15) is 45.0 Å². The molecule has 4 aliphatic rings. The minimum atomic E-state index is -1.25. The lowest BCUT2D eigenvalue weighted by Gasteiger charge is -2.38. The number of carboxylic acids is 1. The maximum absolute atomic E-state index is 14.5. The molecular formula is C57H56N14O11. The van der Waals surface area contributed by atoms with E-state index in [9.17, 15) is 49.8 Å². The van der Waals surface area contributed by atoms with Crippen LogP contribution in [0.25, 0.3) is 33.4 Å². The van der Waals surface area contributed by atoms with Gasteiger partial charge in [-0.2, -0.15) is 15.0 Å². The Hall–Kier alpha value is -10.0. The quantitative estimate of drug-likeness (QED) is 0.0600. The average molecular weight is 1110 g/mol. The number of nitrogens with one attached hydrogen (secondary N) is 1. The molecule has 3 aromatic heterocycles. The van der Waals surface area contributed by atoms with Crippen LogP contribution in [0, 0.1) is 0 Å². The third-order valence-corrected chi connectivity index (χ3v) is 14.6. The number of hydrogen-bond donors (Lipinski definition) is 7. The van der Waals surface area contributed by atoms with Crippen molar-refractivity contribution in [2.24, 2.45) is 0 Å². The Morgan fingerprint density at radius 2 is 1.10 bits per heavy atom. The number of aliphatic hydroxyl groups is 2. The van der Waals surface area contributed by atoms with E-state index < -0.39 is 18.1 Å². The van der Waals surface area contributed by atoms with Gasteiger partial charge in [-0.25, -0.2) is 14.2 Å². The standard InChI is InChI=1S/C57H56N14O11/c72-25-15-37-32-70(64-62-37)47(27-34-1-6-39(74)7-2-34)52(78)66-17-21-68(22-18-66)56-59-55(58-36-5-12-43(46(29-36)54(80)81)51-44-13-10-41(76)30-49(44)82-50-31-42(77)11-14-45(50)51)60-57(61-56)69-23-19-67(20-24-69)53(79)48(28-35-3-8-40(75)9-4-35)71-33-38(16-26-73)63-65-71/h1-14,29-33,47-48,72-76H,15-28H2,(H,80,81)(H,58,59,60,61)/t47-,48-/m0/s1. The third-order valence-electron chi connectivity index (χ3n) is 14.6. The topological polar surface area (TPSA) is 328 Å². The van der Waals surface area contributed by atoms with Gasteiger partial charge in [-0.3, -0.25) is 14.4 Å². The fraction of sp³-hybridized carbons (Fsp3) is 0.281. The molecule has 1 aliphatic carbocycles. The van der Waals surface area contributed by atoms with Gasteiger partial charge in [-0.05, 0) is 77.4 Å². The molecule has 2 fully saturated rings. The largest absolute Gasteiger partial charge is 0.508 e. The molecular weight excluding hydrogens is 1060 g/mol. The molecule has 0 bridgehead atoms.